The normalized spacial score (nSPS) is 10.8. The van der Waals surface area contributed by atoms with Crippen molar-refractivity contribution in [3.05, 3.63) is 22.0 Å². The first-order chi connectivity index (χ1) is 6.02. The molecule has 0 aliphatic rings. The standard InChI is InChI=1S/C6H7F2N3O2/c1-4-5(11(12)13)2-9-10(4)3-6(7)8/h2,6H,3H2,1H3. The highest BCUT2D eigenvalue weighted by Gasteiger charge is 2.17. The molecule has 1 aromatic rings. The predicted octanol–water partition coefficient (Wildman–Crippen LogP) is 1.36. The highest BCUT2D eigenvalue weighted by molar-refractivity contribution is 5.31. The Balaban J connectivity index is 2.93. The fourth-order valence-electron chi connectivity index (χ4n) is 0.931. The summed E-state index contributed by atoms with van der Waals surface area (Å²) in [6.45, 7) is 0.771. The van der Waals surface area contributed by atoms with Crippen molar-refractivity contribution in [1.82, 2.24) is 9.78 Å². The van der Waals surface area contributed by atoms with Crippen LogP contribution in [0.15, 0.2) is 6.20 Å². The van der Waals surface area contributed by atoms with Crippen molar-refractivity contribution in [2.45, 2.75) is 19.9 Å². The van der Waals surface area contributed by atoms with Crippen LogP contribution in [0.25, 0.3) is 0 Å². The van der Waals surface area contributed by atoms with Crippen LogP contribution < -0.4 is 0 Å². The molecule has 0 bridgehead atoms. The molecular formula is C6H7F2N3O2. The van der Waals surface area contributed by atoms with Crippen molar-refractivity contribution in [3.8, 4) is 0 Å². The van der Waals surface area contributed by atoms with Crippen molar-refractivity contribution in [2.24, 2.45) is 0 Å². The van der Waals surface area contributed by atoms with Gasteiger partial charge in [-0.1, -0.05) is 0 Å². The maximum Gasteiger partial charge on any atom is 0.309 e. The van der Waals surface area contributed by atoms with Crippen molar-refractivity contribution in [3.63, 3.8) is 0 Å². The van der Waals surface area contributed by atoms with Gasteiger partial charge in [0.25, 0.3) is 6.43 Å². The molecular weight excluding hydrogens is 184 g/mol. The maximum atomic E-state index is 11.9. The lowest BCUT2D eigenvalue weighted by atomic mass is 10.4. The summed E-state index contributed by atoms with van der Waals surface area (Å²) in [5, 5.41) is 13.8. The van der Waals surface area contributed by atoms with E-state index in [1.807, 2.05) is 0 Å². The third kappa shape index (κ3) is 1.98. The molecule has 0 saturated heterocycles. The first kappa shape index (κ1) is 9.56. The van der Waals surface area contributed by atoms with Crippen LogP contribution >= 0.6 is 0 Å². The van der Waals surface area contributed by atoms with Gasteiger partial charge in [0.15, 0.2) is 0 Å². The Morgan fingerprint density at radius 3 is 2.77 bits per heavy atom. The number of aromatic nitrogens is 2. The first-order valence-corrected chi connectivity index (χ1v) is 3.47. The van der Waals surface area contributed by atoms with Crippen molar-refractivity contribution in [2.75, 3.05) is 0 Å². The van der Waals surface area contributed by atoms with E-state index in [9.17, 15) is 18.9 Å². The SMILES string of the molecule is Cc1c([N+](=O)[O-])cnn1CC(F)F. The predicted molar refractivity (Wildman–Crippen MR) is 39.6 cm³/mol. The van der Waals surface area contributed by atoms with Gasteiger partial charge >= 0.3 is 5.69 Å². The van der Waals surface area contributed by atoms with Gasteiger partial charge in [-0.05, 0) is 6.92 Å². The quantitative estimate of drug-likeness (QED) is 0.535. The topological polar surface area (TPSA) is 61.0 Å². The average Bonchev–Trinajstić information content (AvgIpc) is 2.32. The summed E-state index contributed by atoms with van der Waals surface area (Å²) in [6, 6.07) is 0. The van der Waals surface area contributed by atoms with Crippen LogP contribution in [0, 0.1) is 17.0 Å². The lowest BCUT2D eigenvalue weighted by Crippen LogP contribution is -2.09. The van der Waals surface area contributed by atoms with Crippen LogP contribution in [0.5, 0.6) is 0 Å². The van der Waals surface area contributed by atoms with E-state index in [2.05, 4.69) is 5.10 Å². The van der Waals surface area contributed by atoms with Crippen LogP contribution in [0.3, 0.4) is 0 Å². The van der Waals surface area contributed by atoms with Crippen LogP contribution in [0.1, 0.15) is 5.69 Å². The molecule has 0 unspecified atom stereocenters. The third-order valence-electron chi connectivity index (χ3n) is 1.58. The van der Waals surface area contributed by atoms with E-state index in [1.54, 1.807) is 0 Å². The van der Waals surface area contributed by atoms with E-state index >= 15 is 0 Å². The molecule has 0 atom stereocenters. The minimum absolute atomic E-state index is 0.144. The van der Waals surface area contributed by atoms with Gasteiger partial charge in [0.05, 0.1) is 4.92 Å². The highest BCUT2D eigenvalue weighted by atomic mass is 19.3. The second-order valence-electron chi connectivity index (χ2n) is 2.45. The Bertz CT molecular complexity index is 324. The molecule has 5 nitrogen and oxygen atoms in total. The van der Waals surface area contributed by atoms with Crippen molar-refractivity contribution < 1.29 is 13.7 Å². The molecule has 0 spiro atoms. The number of rotatable bonds is 3. The number of nitro groups is 1. The van der Waals surface area contributed by atoms with Gasteiger partial charge in [-0.15, -0.1) is 0 Å². The molecule has 0 N–H and O–H groups in total. The van der Waals surface area contributed by atoms with Gasteiger partial charge in [-0.3, -0.25) is 14.8 Å². The van der Waals surface area contributed by atoms with E-state index in [0.717, 1.165) is 10.9 Å². The Morgan fingerprint density at radius 1 is 1.77 bits per heavy atom. The zero-order valence-corrected chi connectivity index (χ0v) is 6.78. The zero-order chi connectivity index (χ0) is 10.0. The summed E-state index contributed by atoms with van der Waals surface area (Å²) in [4.78, 5) is 9.64. The fraction of sp³-hybridized carbons (Fsp3) is 0.500. The largest absolute Gasteiger partial charge is 0.309 e. The summed E-state index contributed by atoms with van der Waals surface area (Å²) in [6.07, 6.45) is -1.59. The Hall–Kier alpha value is -1.53. The third-order valence-corrected chi connectivity index (χ3v) is 1.58. The monoisotopic (exact) mass is 191 g/mol. The summed E-state index contributed by atoms with van der Waals surface area (Å²) in [5.74, 6) is 0. The zero-order valence-electron chi connectivity index (χ0n) is 6.78. The minimum Gasteiger partial charge on any atom is -0.258 e. The molecule has 1 rings (SSSR count). The Labute approximate surface area is 72.1 Å². The van der Waals surface area contributed by atoms with Crippen LogP contribution in [-0.2, 0) is 6.54 Å². The number of hydrogen-bond acceptors (Lipinski definition) is 3. The smallest absolute Gasteiger partial charge is 0.258 e. The molecule has 0 amide bonds. The maximum absolute atomic E-state index is 11.9. The van der Waals surface area contributed by atoms with Gasteiger partial charge < -0.3 is 0 Å². The number of hydrogen-bond donors (Lipinski definition) is 0. The molecule has 0 aliphatic heterocycles. The van der Waals surface area contributed by atoms with Crippen molar-refractivity contribution >= 4 is 5.69 Å². The summed E-state index contributed by atoms with van der Waals surface area (Å²) >= 11 is 0. The molecule has 0 saturated carbocycles. The number of nitrogens with zero attached hydrogens (tertiary/aromatic N) is 3. The molecule has 1 aromatic heterocycles. The van der Waals surface area contributed by atoms with Gasteiger partial charge in [-0.25, -0.2) is 8.78 Å². The van der Waals surface area contributed by atoms with Gasteiger partial charge in [0.1, 0.15) is 18.4 Å². The molecule has 0 radical (unpaired) electrons. The van der Waals surface area contributed by atoms with E-state index in [4.69, 9.17) is 0 Å². The Morgan fingerprint density at radius 2 is 2.38 bits per heavy atom. The molecule has 7 heteroatoms. The second-order valence-corrected chi connectivity index (χ2v) is 2.45. The molecule has 13 heavy (non-hydrogen) atoms. The van der Waals surface area contributed by atoms with E-state index in [-0.39, 0.29) is 11.4 Å². The lowest BCUT2D eigenvalue weighted by Gasteiger charge is -2.00. The Kier molecular flexibility index (Phi) is 2.54. The van der Waals surface area contributed by atoms with E-state index in [0.29, 0.717) is 0 Å². The van der Waals surface area contributed by atoms with Gasteiger partial charge in [-0.2, -0.15) is 5.10 Å². The summed E-state index contributed by atoms with van der Waals surface area (Å²) in [7, 11) is 0. The molecule has 1 heterocycles. The number of halogens is 2. The summed E-state index contributed by atoms with van der Waals surface area (Å²) < 4.78 is 24.7. The fourth-order valence-corrected chi connectivity index (χ4v) is 0.931. The average molecular weight is 191 g/mol. The molecule has 72 valence electrons. The number of alkyl halides is 2. The van der Waals surface area contributed by atoms with Gasteiger partial charge in [0.2, 0.25) is 0 Å². The second kappa shape index (κ2) is 3.46. The van der Waals surface area contributed by atoms with Gasteiger partial charge in [0, 0.05) is 0 Å². The van der Waals surface area contributed by atoms with Crippen LogP contribution in [0.2, 0.25) is 0 Å². The molecule has 0 aromatic carbocycles. The van der Waals surface area contributed by atoms with Crippen LogP contribution in [-0.4, -0.2) is 21.1 Å². The summed E-state index contributed by atoms with van der Waals surface area (Å²) in [5.41, 5.74) is -0.0917. The van der Waals surface area contributed by atoms with E-state index < -0.39 is 17.9 Å². The highest BCUT2D eigenvalue weighted by Crippen LogP contribution is 2.16. The van der Waals surface area contributed by atoms with E-state index in [1.165, 1.54) is 6.92 Å². The molecule has 0 fully saturated rings. The molecule has 0 aliphatic carbocycles. The minimum atomic E-state index is -2.56. The van der Waals surface area contributed by atoms with Crippen molar-refractivity contribution in [1.29, 1.82) is 0 Å². The first-order valence-electron chi connectivity index (χ1n) is 3.47. The van der Waals surface area contributed by atoms with Crippen LogP contribution in [0.4, 0.5) is 14.5 Å². The lowest BCUT2D eigenvalue weighted by molar-refractivity contribution is -0.385.